The maximum Gasteiger partial charge on any atom is 0.243 e. The van der Waals surface area contributed by atoms with E-state index in [1.807, 2.05) is 6.07 Å². The van der Waals surface area contributed by atoms with E-state index in [0.717, 1.165) is 4.31 Å². The van der Waals surface area contributed by atoms with Crippen LogP contribution in [0.4, 0.5) is 0 Å². The van der Waals surface area contributed by atoms with Gasteiger partial charge in [0.25, 0.3) is 0 Å². The lowest BCUT2D eigenvalue weighted by Gasteiger charge is -2.29. The molecular formula is C14H18N2O6S2. The molecule has 2 atom stereocenters. The van der Waals surface area contributed by atoms with E-state index in [0.29, 0.717) is 0 Å². The van der Waals surface area contributed by atoms with Crippen LogP contribution in [-0.4, -0.2) is 68.2 Å². The second-order valence-electron chi connectivity index (χ2n) is 5.61. The van der Waals surface area contributed by atoms with Crippen LogP contribution in [0.2, 0.25) is 0 Å². The van der Waals surface area contributed by atoms with Gasteiger partial charge in [0.05, 0.1) is 40.7 Å². The largest absolute Gasteiger partial charge is 0.394 e. The molecule has 1 saturated heterocycles. The smallest absolute Gasteiger partial charge is 0.243 e. The van der Waals surface area contributed by atoms with Crippen molar-refractivity contribution in [1.29, 1.82) is 5.26 Å². The van der Waals surface area contributed by atoms with Crippen LogP contribution in [0.3, 0.4) is 0 Å². The molecule has 0 saturated carbocycles. The number of aliphatic hydroxyl groups excluding tert-OH is 2. The van der Waals surface area contributed by atoms with E-state index in [1.165, 1.54) is 24.3 Å². The van der Waals surface area contributed by atoms with Crippen LogP contribution in [0.1, 0.15) is 12.0 Å². The number of rotatable bonds is 6. The second kappa shape index (κ2) is 7.16. The first-order valence-corrected chi connectivity index (χ1v) is 10.5. The second-order valence-corrected chi connectivity index (χ2v) is 9.73. The third-order valence-electron chi connectivity index (χ3n) is 3.79. The molecule has 1 aromatic carbocycles. The summed E-state index contributed by atoms with van der Waals surface area (Å²) in [5, 5.41) is 27.6. The molecule has 0 amide bonds. The zero-order valence-electron chi connectivity index (χ0n) is 12.7. The van der Waals surface area contributed by atoms with Gasteiger partial charge in [-0.1, -0.05) is 6.07 Å². The standard InChI is InChI=1S/C14H18N2O6S2/c15-7-11-2-1-3-14(6-11)24(21,22)16(8-13(18)9-17)12-4-5-23(19,20)10-12/h1-3,6,12-13,17-18H,4-5,8-10H2/t12-,13+/m0/s1. The fourth-order valence-corrected chi connectivity index (χ4v) is 6.14. The van der Waals surface area contributed by atoms with E-state index >= 15 is 0 Å². The molecule has 1 aliphatic heterocycles. The maximum absolute atomic E-state index is 12.9. The Bertz CT molecular complexity index is 844. The summed E-state index contributed by atoms with van der Waals surface area (Å²) in [7, 11) is -7.47. The number of aliphatic hydroxyl groups is 2. The minimum absolute atomic E-state index is 0.123. The van der Waals surface area contributed by atoms with Crippen molar-refractivity contribution in [3.63, 3.8) is 0 Å². The fraction of sp³-hybridized carbons (Fsp3) is 0.500. The molecule has 0 aromatic heterocycles. The molecule has 0 spiro atoms. The highest BCUT2D eigenvalue weighted by Crippen LogP contribution is 2.25. The number of hydrogen-bond donors (Lipinski definition) is 2. The number of nitrogens with zero attached hydrogens (tertiary/aromatic N) is 2. The molecular weight excluding hydrogens is 356 g/mol. The highest BCUT2D eigenvalue weighted by atomic mass is 32.2. The zero-order valence-corrected chi connectivity index (χ0v) is 14.4. The molecule has 1 fully saturated rings. The van der Waals surface area contributed by atoms with Gasteiger partial charge in [0.2, 0.25) is 10.0 Å². The lowest BCUT2D eigenvalue weighted by molar-refractivity contribution is 0.0730. The van der Waals surface area contributed by atoms with Gasteiger partial charge < -0.3 is 10.2 Å². The Balaban J connectivity index is 2.43. The topological polar surface area (TPSA) is 136 Å². The molecule has 1 aromatic rings. The summed E-state index contributed by atoms with van der Waals surface area (Å²) in [5.74, 6) is -0.459. The Kier molecular flexibility index (Phi) is 5.62. The highest BCUT2D eigenvalue weighted by Gasteiger charge is 2.39. The van der Waals surface area contributed by atoms with Gasteiger partial charge in [0.1, 0.15) is 0 Å². The van der Waals surface area contributed by atoms with Crippen molar-refractivity contribution in [2.24, 2.45) is 0 Å². The zero-order chi connectivity index (χ0) is 18.0. The van der Waals surface area contributed by atoms with Gasteiger partial charge in [-0.3, -0.25) is 0 Å². The van der Waals surface area contributed by atoms with Gasteiger partial charge in [0, 0.05) is 12.6 Å². The van der Waals surface area contributed by atoms with Crippen molar-refractivity contribution in [2.45, 2.75) is 23.5 Å². The molecule has 2 rings (SSSR count). The number of nitriles is 1. The third kappa shape index (κ3) is 4.12. The van der Waals surface area contributed by atoms with Crippen LogP contribution in [-0.2, 0) is 19.9 Å². The summed E-state index contributed by atoms with van der Waals surface area (Å²) < 4.78 is 50.0. The lowest BCUT2D eigenvalue weighted by Crippen LogP contribution is -2.46. The maximum atomic E-state index is 12.9. The molecule has 2 N–H and O–H groups in total. The summed E-state index contributed by atoms with van der Waals surface area (Å²) in [6.07, 6.45) is -1.21. The summed E-state index contributed by atoms with van der Waals surface area (Å²) >= 11 is 0. The minimum Gasteiger partial charge on any atom is -0.394 e. The first kappa shape index (κ1) is 18.8. The predicted molar refractivity (Wildman–Crippen MR) is 85.2 cm³/mol. The fourth-order valence-electron chi connectivity index (χ4n) is 2.57. The normalized spacial score (nSPS) is 21.5. The Morgan fingerprint density at radius 3 is 2.67 bits per heavy atom. The number of benzene rings is 1. The van der Waals surface area contributed by atoms with E-state index < -0.39 is 45.2 Å². The summed E-state index contributed by atoms with van der Waals surface area (Å²) in [6.45, 7) is -1.07. The monoisotopic (exact) mass is 374 g/mol. The van der Waals surface area contributed by atoms with Crippen LogP contribution in [0.15, 0.2) is 29.2 Å². The van der Waals surface area contributed by atoms with Crippen molar-refractivity contribution in [3.8, 4) is 6.07 Å². The van der Waals surface area contributed by atoms with Crippen molar-refractivity contribution < 1.29 is 27.0 Å². The molecule has 8 nitrogen and oxygen atoms in total. The Hall–Kier alpha value is -1.51. The van der Waals surface area contributed by atoms with E-state index in [1.54, 1.807) is 0 Å². The van der Waals surface area contributed by atoms with Gasteiger partial charge in [-0.2, -0.15) is 9.57 Å². The molecule has 0 radical (unpaired) electrons. The average Bonchev–Trinajstić information content (AvgIpc) is 2.91. The SMILES string of the molecule is N#Cc1cccc(S(=O)(=O)N(C[C@@H](O)CO)[C@H]2CCS(=O)(=O)C2)c1. The van der Waals surface area contributed by atoms with Gasteiger partial charge in [-0.15, -0.1) is 0 Å². The molecule has 1 heterocycles. The van der Waals surface area contributed by atoms with Crippen molar-refractivity contribution >= 4 is 19.9 Å². The molecule has 1 aliphatic rings. The Morgan fingerprint density at radius 1 is 1.42 bits per heavy atom. The number of sulfonamides is 1. The molecule has 24 heavy (non-hydrogen) atoms. The first-order chi connectivity index (χ1) is 11.2. The van der Waals surface area contributed by atoms with Crippen LogP contribution in [0.25, 0.3) is 0 Å². The van der Waals surface area contributed by atoms with Crippen LogP contribution in [0.5, 0.6) is 0 Å². The Labute approximate surface area is 140 Å². The van der Waals surface area contributed by atoms with Gasteiger partial charge in [-0.25, -0.2) is 16.8 Å². The summed E-state index contributed by atoms with van der Waals surface area (Å²) in [4.78, 5) is -0.156. The highest BCUT2D eigenvalue weighted by molar-refractivity contribution is 7.92. The molecule has 0 aliphatic carbocycles. The average molecular weight is 374 g/mol. The molecule has 10 heteroatoms. The van der Waals surface area contributed by atoms with E-state index in [9.17, 15) is 21.9 Å². The molecule has 132 valence electrons. The quantitative estimate of drug-likeness (QED) is 0.658. The molecule has 0 bridgehead atoms. The summed E-state index contributed by atoms with van der Waals surface area (Å²) in [6, 6.07) is 6.39. The van der Waals surface area contributed by atoms with Crippen LogP contribution in [0, 0.1) is 11.3 Å². The number of hydrogen-bond acceptors (Lipinski definition) is 7. The van der Waals surface area contributed by atoms with Crippen LogP contribution >= 0.6 is 0 Å². The van der Waals surface area contributed by atoms with E-state index in [-0.39, 0.29) is 28.4 Å². The predicted octanol–water partition coefficient (Wildman–Crippen LogP) is -0.911. The molecule has 0 unspecified atom stereocenters. The third-order valence-corrected chi connectivity index (χ3v) is 7.45. The van der Waals surface area contributed by atoms with Gasteiger partial charge >= 0.3 is 0 Å². The Morgan fingerprint density at radius 2 is 2.12 bits per heavy atom. The van der Waals surface area contributed by atoms with Crippen molar-refractivity contribution in [2.75, 3.05) is 24.7 Å². The first-order valence-electron chi connectivity index (χ1n) is 7.21. The minimum atomic E-state index is -4.13. The van der Waals surface area contributed by atoms with Crippen molar-refractivity contribution in [3.05, 3.63) is 29.8 Å². The van der Waals surface area contributed by atoms with E-state index in [4.69, 9.17) is 10.4 Å². The van der Waals surface area contributed by atoms with Crippen molar-refractivity contribution in [1.82, 2.24) is 4.31 Å². The van der Waals surface area contributed by atoms with Gasteiger partial charge in [-0.05, 0) is 24.6 Å². The number of sulfone groups is 1. The van der Waals surface area contributed by atoms with E-state index in [2.05, 4.69) is 0 Å². The van der Waals surface area contributed by atoms with Crippen LogP contribution < -0.4 is 0 Å². The lowest BCUT2D eigenvalue weighted by atomic mass is 10.2. The summed E-state index contributed by atoms with van der Waals surface area (Å²) in [5.41, 5.74) is 0.151. The van der Waals surface area contributed by atoms with Gasteiger partial charge in [0.15, 0.2) is 9.84 Å².